The molecule has 0 radical (unpaired) electrons. The van der Waals surface area contributed by atoms with Gasteiger partial charge in [0.1, 0.15) is 0 Å². The number of halogens is 1. The van der Waals surface area contributed by atoms with Crippen LogP contribution < -0.4 is 19.7 Å². The predicted octanol–water partition coefficient (Wildman–Crippen LogP) is 5.16. The second kappa shape index (κ2) is 10.0. The monoisotopic (exact) mass is 402 g/mol. The van der Waals surface area contributed by atoms with Crippen LogP contribution in [0.4, 0.5) is 11.4 Å². The van der Waals surface area contributed by atoms with Gasteiger partial charge in [-0.05, 0) is 60.9 Å². The molecule has 2 rings (SSSR count). The van der Waals surface area contributed by atoms with Gasteiger partial charge in [0.15, 0.2) is 11.5 Å². The van der Waals surface area contributed by atoms with Gasteiger partial charge >= 0.3 is 0 Å². The van der Waals surface area contributed by atoms with Crippen LogP contribution in [0.5, 0.6) is 11.5 Å². The normalized spacial score (nSPS) is 10.8. The molecule has 1 amide bonds. The Kier molecular flexibility index (Phi) is 7.76. The van der Waals surface area contributed by atoms with Crippen LogP contribution in [0.3, 0.4) is 0 Å². The third-order valence-electron chi connectivity index (χ3n) is 4.11. The summed E-state index contributed by atoms with van der Waals surface area (Å²) in [6.07, 6.45) is 4.03. The average Bonchev–Trinajstić information content (AvgIpc) is 2.66. The number of nitrogens with zero attached hydrogens (tertiary/aromatic N) is 1. The summed E-state index contributed by atoms with van der Waals surface area (Å²) in [5, 5.41) is 3.34. The molecule has 150 valence electrons. The van der Waals surface area contributed by atoms with Crippen molar-refractivity contribution in [1.82, 2.24) is 0 Å². The topological polar surface area (TPSA) is 50.8 Å². The molecule has 0 saturated carbocycles. The van der Waals surface area contributed by atoms with Crippen LogP contribution in [-0.4, -0.2) is 33.7 Å². The molecular formula is C22H27ClN2O3. The van der Waals surface area contributed by atoms with E-state index in [1.807, 2.05) is 51.0 Å². The molecule has 0 heterocycles. The van der Waals surface area contributed by atoms with E-state index < -0.39 is 0 Å². The minimum Gasteiger partial charge on any atom is -0.493 e. The van der Waals surface area contributed by atoms with Crippen LogP contribution in [0.2, 0.25) is 5.02 Å². The van der Waals surface area contributed by atoms with Crippen molar-refractivity contribution in [2.24, 2.45) is 0 Å². The fraction of sp³-hybridized carbons (Fsp3) is 0.318. The largest absolute Gasteiger partial charge is 0.493 e. The van der Waals surface area contributed by atoms with Gasteiger partial charge in [-0.1, -0.05) is 18.5 Å². The Balaban J connectivity index is 2.12. The molecule has 2 aromatic rings. The molecule has 6 heteroatoms. The highest BCUT2D eigenvalue weighted by Crippen LogP contribution is 2.36. The zero-order valence-corrected chi connectivity index (χ0v) is 17.8. The number of hydrogen-bond acceptors (Lipinski definition) is 4. The van der Waals surface area contributed by atoms with E-state index in [4.69, 9.17) is 21.1 Å². The number of anilines is 2. The van der Waals surface area contributed by atoms with E-state index in [1.165, 1.54) is 6.08 Å². The van der Waals surface area contributed by atoms with Crippen molar-refractivity contribution in [3.63, 3.8) is 0 Å². The van der Waals surface area contributed by atoms with Crippen LogP contribution in [0.1, 0.15) is 24.5 Å². The Morgan fingerprint density at radius 2 is 2.00 bits per heavy atom. The summed E-state index contributed by atoms with van der Waals surface area (Å²) in [4.78, 5) is 14.3. The van der Waals surface area contributed by atoms with Gasteiger partial charge in [0.2, 0.25) is 5.91 Å². The molecule has 28 heavy (non-hydrogen) atoms. The van der Waals surface area contributed by atoms with E-state index >= 15 is 0 Å². The SMILES string of the molecule is CCCOc1c(Cl)cc(C=CC(=O)Nc2ccc(N(C)C)cc2C)cc1OC. The number of carbonyl (C=O) groups is 1. The van der Waals surface area contributed by atoms with Crippen LogP contribution in [-0.2, 0) is 4.79 Å². The molecule has 0 spiro atoms. The highest BCUT2D eigenvalue weighted by atomic mass is 35.5. The first-order chi connectivity index (χ1) is 13.3. The van der Waals surface area contributed by atoms with Gasteiger partial charge in [-0.3, -0.25) is 4.79 Å². The molecule has 0 aliphatic heterocycles. The number of nitrogens with one attached hydrogen (secondary N) is 1. The lowest BCUT2D eigenvalue weighted by Gasteiger charge is -2.15. The number of rotatable bonds is 8. The van der Waals surface area contributed by atoms with E-state index in [0.29, 0.717) is 23.1 Å². The van der Waals surface area contributed by atoms with E-state index in [1.54, 1.807) is 25.3 Å². The summed E-state index contributed by atoms with van der Waals surface area (Å²) in [7, 11) is 5.52. The molecule has 0 unspecified atom stereocenters. The molecule has 0 atom stereocenters. The molecule has 2 aromatic carbocycles. The number of ether oxygens (including phenoxy) is 2. The van der Waals surface area contributed by atoms with Gasteiger partial charge in [-0.15, -0.1) is 0 Å². The fourth-order valence-electron chi connectivity index (χ4n) is 2.59. The highest BCUT2D eigenvalue weighted by molar-refractivity contribution is 6.32. The predicted molar refractivity (Wildman–Crippen MR) is 117 cm³/mol. The van der Waals surface area contributed by atoms with Crippen molar-refractivity contribution >= 4 is 35.0 Å². The highest BCUT2D eigenvalue weighted by Gasteiger charge is 2.11. The lowest BCUT2D eigenvalue weighted by molar-refractivity contribution is -0.111. The van der Waals surface area contributed by atoms with Crippen molar-refractivity contribution in [2.45, 2.75) is 20.3 Å². The van der Waals surface area contributed by atoms with Crippen molar-refractivity contribution in [2.75, 3.05) is 38.0 Å². The third kappa shape index (κ3) is 5.67. The maximum absolute atomic E-state index is 12.3. The third-order valence-corrected chi connectivity index (χ3v) is 4.39. The Morgan fingerprint density at radius 1 is 1.25 bits per heavy atom. The van der Waals surface area contributed by atoms with E-state index in [0.717, 1.165) is 28.9 Å². The molecule has 0 aliphatic carbocycles. The lowest BCUT2D eigenvalue weighted by atomic mass is 10.1. The minimum absolute atomic E-state index is 0.220. The van der Waals surface area contributed by atoms with Crippen molar-refractivity contribution in [3.8, 4) is 11.5 Å². The minimum atomic E-state index is -0.220. The van der Waals surface area contributed by atoms with Crippen molar-refractivity contribution in [1.29, 1.82) is 0 Å². The van der Waals surface area contributed by atoms with Crippen LogP contribution in [0, 0.1) is 6.92 Å². The first kappa shape index (κ1) is 21.6. The Labute approximate surface area is 171 Å². The Hall–Kier alpha value is -2.66. The number of hydrogen-bond donors (Lipinski definition) is 1. The molecule has 0 bridgehead atoms. The second-order valence-corrected chi connectivity index (χ2v) is 7.01. The van der Waals surface area contributed by atoms with Gasteiger partial charge in [-0.25, -0.2) is 0 Å². The quantitative estimate of drug-likeness (QED) is 0.619. The molecule has 5 nitrogen and oxygen atoms in total. The maximum Gasteiger partial charge on any atom is 0.248 e. The summed E-state index contributed by atoms with van der Waals surface area (Å²) in [5.41, 5.74) is 3.60. The molecule has 0 fully saturated rings. The number of carbonyl (C=O) groups excluding carboxylic acids is 1. The summed E-state index contributed by atoms with van der Waals surface area (Å²) in [5.74, 6) is 0.836. The smallest absolute Gasteiger partial charge is 0.248 e. The average molecular weight is 403 g/mol. The number of methoxy groups -OCH3 is 1. The van der Waals surface area contributed by atoms with Gasteiger partial charge in [-0.2, -0.15) is 0 Å². The van der Waals surface area contributed by atoms with E-state index in [9.17, 15) is 4.79 Å². The maximum atomic E-state index is 12.3. The van der Waals surface area contributed by atoms with Crippen LogP contribution in [0.25, 0.3) is 6.08 Å². The van der Waals surface area contributed by atoms with Crippen LogP contribution in [0.15, 0.2) is 36.4 Å². The Bertz CT molecular complexity index is 863. The summed E-state index contributed by atoms with van der Waals surface area (Å²) in [6, 6.07) is 9.43. The summed E-state index contributed by atoms with van der Waals surface area (Å²) < 4.78 is 11.0. The molecule has 0 saturated heterocycles. The molecule has 0 aromatic heterocycles. The first-order valence-electron chi connectivity index (χ1n) is 9.13. The summed E-state index contributed by atoms with van der Waals surface area (Å²) in [6.45, 7) is 4.54. The van der Waals surface area contributed by atoms with Gasteiger partial charge < -0.3 is 19.7 Å². The van der Waals surface area contributed by atoms with E-state index in [2.05, 4.69) is 5.32 Å². The number of benzene rings is 2. The zero-order valence-electron chi connectivity index (χ0n) is 17.0. The second-order valence-electron chi connectivity index (χ2n) is 6.60. The van der Waals surface area contributed by atoms with Gasteiger partial charge in [0.25, 0.3) is 0 Å². The van der Waals surface area contributed by atoms with Crippen molar-refractivity contribution < 1.29 is 14.3 Å². The number of aryl methyl sites for hydroxylation is 1. The molecular weight excluding hydrogens is 376 g/mol. The molecule has 0 aliphatic rings. The first-order valence-corrected chi connectivity index (χ1v) is 9.50. The fourth-order valence-corrected chi connectivity index (χ4v) is 2.87. The number of amides is 1. The summed E-state index contributed by atoms with van der Waals surface area (Å²) >= 11 is 6.31. The lowest BCUT2D eigenvalue weighted by Crippen LogP contribution is -2.11. The van der Waals surface area contributed by atoms with Crippen molar-refractivity contribution in [3.05, 3.63) is 52.6 Å². The standard InChI is InChI=1S/C22H27ClN2O3/c1-6-11-28-22-18(23)13-16(14-20(22)27-5)7-10-21(26)24-19-9-8-17(25(3)4)12-15(19)2/h7-10,12-14H,6,11H2,1-5H3,(H,24,26). The Morgan fingerprint density at radius 3 is 2.61 bits per heavy atom. The molecule has 1 N–H and O–H groups in total. The van der Waals surface area contributed by atoms with Gasteiger partial charge in [0.05, 0.1) is 18.7 Å². The van der Waals surface area contributed by atoms with Gasteiger partial charge in [0, 0.05) is 31.5 Å². The van der Waals surface area contributed by atoms with E-state index in [-0.39, 0.29) is 5.91 Å². The zero-order chi connectivity index (χ0) is 20.7. The van der Waals surface area contributed by atoms with Crippen LogP contribution >= 0.6 is 11.6 Å².